The fourth-order valence-corrected chi connectivity index (χ4v) is 11.5. The highest BCUT2D eigenvalue weighted by atomic mass is 16.5. The van der Waals surface area contributed by atoms with Crippen LogP contribution in [0.3, 0.4) is 0 Å². The number of para-hydroxylation sites is 1. The molecule has 1 aromatic heterocycles. The molecule has 0 bridgehead atoms. The van der Waals surface area contributed by atoms with E-state index < -0.39 is 260 Å². The predicted octanol–water partition coefficient (Wildman–Crippen LogP) is -6.08. The summed E-state index contributed by atoms with van der Waals surface area (Å²) in [6, 6.07) is -15.7. The molecule has 15 amide bonds. The summed E-state index contributed by atoms with van der Waals surface area (Å²) in [4.78, 5) is 275. The van der Waals surface area contributed by atoms with Gasteiger partial charge in [0.15, 0.2) is 12.2 Å². The van der Waals surface area contributed by atoms with Gasteiger partial charge in [0.1, 0.15) is 72.6 Å². The highest BCUT2D eigenvalue weighted by molar-refractivity contribution is 6.02. The number of carboxylic acids is 4. The molecule has 0 saturated carbocycles. The lowest BCUT2D eigenvalue weighted by Crippen LogP contribution is -2.64. The van der Waals surface area contributed by atoms with Gasteiger partial charge in [-0.3, -0.25) is 86.3 Å². The van der Waals surface area contributed by atoms with Crippen molar-refractivity contribution in [1.82, 2.24) is 73.7 Å². The van der Waals surface area contributed by atoms with Crippen LogP contribution >= 0.6 is 0 Å². The number of H-pyrrole nitrogens is 1. The molecule has 2 heterocycles. The third kappa shape index (κ3) is 31.4. The molecule has 113 heavy (non-hydrogen) atoms. The number of aliphatic hydroxyl groups is 1. The first-order valence-corrected chi connectivity index (χ1v) is 36.2. The molecule has 22 N–H and O–H groups in total. The number of carboxylic acid groups (broad SMARTS) is 4. The van der Waals surface area contributed by atoms with Crippen LogP contribution in [0.4, 0.5) is 0 Å². The zero-order valence-corrected chi connectivity index (χ0v) is 64.1. The number of nitrogens with one attached hydrogen (secondary N) is 13. The first-order valence-electron chi connectivity index (χ1n) is 36.2. The standard InChI is InChI=1S/C70H104N16O27/c1-11-32(4)18-14-12-13-15-21-45(88)77-41(25-37-28-73-39-20-17-16-19-38(37)39)63(103)79-40(22-23-48(91)92)61(101)84-54(56(97)58(72)98)67(107)83-53-36(8)113-70(111)51(31(2)3)81-66(106)52(33(5)24-49(93)94)82-64(104)42(26-44(71)87)78-46(89)29-74-65(105)55(57(112-10)69(109)110)85-60(100)35(7)76-62(102)43(27-50(95)96)80-59(99)34(6)75-47(90)30-86(9)68(53)108/h16-17,19-20,28,31-36,40-43,51-57,73,97H,11-15,18,21-27,29-30H2,1-10H3,(H2,71,87)(H2,72,98)(H,74,105)(H,75,90)(H,76,102)(H,77,88)(H,78,89)(H,79,103)(H,80,99)(H,81,106)(H,82,104)(H,83,107)(H,84,101)(H,85,100)(H,91,92)(H,93,94)(H,95,96)(H,109,110). The van der Waals surface area contributed by atoms with Crippen LogP contribution in [0.5, 0.6) is 0 Å². The zero-order valence-electron chi connectivity index (χ0n) is 64.1. The second-order valence-corrected chi connectivity index (χ2v) is 27.8. The molecule has 3 rings (SSSR count). The third-order valence-electron chi connectivity index (χ3n) is 18.1. The Labute approximate surface area is 647 Å². The number of benzene rings is 1. The Morgan fingerprint density at radius 2 is 1.22 bits per heavy atom. The summed E-state index contributed by atoms with van der Waals surface area (Å²) in [6.45, 7) is 8.49. The second kappa shape index (κ2) is 46.0. The number of hydrogen-bond acceptors (Lipinski definition) is 23. The van der Waals surface area contributed by atoms with Crippen molar-refractivity contribution in [2.24, 2.45) is 29.2 Å². The maximum absolute atomic E-state index is 14.9. The molecule has 0 spiro atoms. The number of likely N-dealkylation sites (N-methyl/N-ethyl adjacent to an activating group) is 1. The maximum atomic E-state index is 14.9. The second-order valence-electron chi connectivity index (χ2n) is 27.8. The number of fused-ring (bicyclic) bond motifs is 1. The number of esters is 1. The molecule has 2 aromatic rings. The molecule has 43 nitrogen and oxygen atoms in total. The molecule has 1 aliphatic rings. The molecule has 16 unspecified atom stereocenters. The molecule has 0 aliphatic carbocycles. The predicted molar refractivity (Wildman–Crippen MR) is 391 cm³/mol. The van der Waals surface area contributed by atoms with Crippen LogP contribution < -0.4 is 75.3 Å². The van der Waals surface area contributed by atoms with Crippen molar-refractivity contribution < 1.29 is 131 Å². The van der Waals surface area contributed by atoms with Gasteiger partial charge >= 0.3 is 29.8 Å². The van der Waals surface area contributed by atoms with Crippen LogP contribution in [0.1, 0.15) is 138 Å². The smallest absolute Gasteiger partial charge is 0.335 e. The van der Waals surface area contributed by atoms with E-state index in [1.54, 1.807) is 30.5 Å². The van der Waals surface area contributed by atoms with E-state index in [4.69, 9.17) is 20.9 Å². The topological polar surface area (TPSA) is 676 Å². The minimum Gasteiger partial charge on any atom is -0.481 e. The normalized spacial score (nSPS) is 22.4. The van der Waals surface area contributed by atoms with Crippen molar-refractivity contribution in [1.29, 1.82) is 0 Å². The molecular formula is C70H104N16O27. The average Bonchev–Trinajstić information content (AvgIpc) is 1.81. The number of ether oxygens (including phenoxy) is 2. The van der Waals surface area contributed by atoms with Crippen LogP contribution in [0.15, 0.2) is 30.5 Å². The molecule has 1 fully saturated rings. The van der Waals surface area contributed by atoms with Gasteiger partial charge < -0.3 is 120 Å². The highest BCUT2D eigenvalue weighted by Gasteiger charge is 2.44. The number of aliphatic carboxylic acids is 4. The molecular weight excluding hydrogens is 1500 g/mol. The van der Waals surface area contributed by atoms with Gasteiger partial charge in [0, 0.05) is 50.5 Å². The number of nitrogens with two attached hydrogens (primary N) is 2. The van der Waals surface area contributed by atoms with E-state index in [9.17, 15) is 121 Å². The fourth-order valence-electron chi connectivity index (χ4n) is 11.5. The molecule has 0 radical (unpaired) electrons. The fraction of sp³-hybridized carbons (Fsp3) is 0.600. The van der Waals surface area contributed by atoms with E-state index in [1.165, 1.54) is 13.8 Å². The van der Waals surface area contributed by atoms with Crippen molar-refractivity contribution >= 4 is 129 Å². The molecule has 1 saturated heterocycles. The largest absolute Gasteiger partial charge is 0.481 e. The third-order valence-corrected chi connectivity index (χ3v) is 18.1. The van der Waals surface area contributed by atoms with Gasteiger partial charge in [-0.05, 0) is 63.0 Å². The number of aromatic nitrogens is 1. The average molecular weight is 1600 g/mol. The van der Waals surface area contributed by atoms with Crippen molar-refractivity contribution in [3.63, 3.8) is 0 Å². The summed E-state index contributed by atoms with van der Waals surface area (Å²) in [7, 11) is 1.68. The van der Waals surface area contributed by atoms with Gasteiger partial charge in [0.2, 0.25) is 88.6 Å². The monoisotopic (exact) mass is 1600 g/mol. The number of unbranched alkanes of at least 4 members (excludes halogenated alkanes) is 3. The van der Waals surface area contributed by atoms with Gasteiger partial charge in [-0.15, -0.1) is 0 Å². The number of methoxy groups -OCH3 is 1. The van der Waals surface area contributed by atoms with Crippen LogP contribution in [-0.2, 0) is 112 Å². The van der Waals surface area contributed by atoms with E-state index in [0.29, 0.717) is 40.1 Å². The van der Waals surface area contributed by atoms with Gasteiger partial charge in [0.05, 0.1) is 32.4 Å². The summed E-state index contributed by atoms with van der Waals surface area (Å²) < 4.78 is 10.6. The minimum absolute atomic E-state index is 0.0249. The minimum atomic E-state index is -2.80. The van der Waals surface area contributed by atoms with Gasteiger partial charge in [-0.1, -0.05) is 84.9 Å². The van der Waals surface area contributed by atoms with Crippen molar-refractivity contribution in [3.05, 3.63) is 36.0 Å². The van der Waals surface area contributed by atoms with Crippen LogP contribution in [0.25, 0.3) is 10.9 Å². The molecule has 626 valence electrons. The molecule has 43 heteroatoms. The van der Waals surface area contributed by atoms with E-state index in [2.05, 4.69) is 66.7 Å². The number of hydrogen-bond donors (Lipinski definition) is 20. The number of primary amides is 2. The van der Waals surface area contributed by atoms with Crippen molar-refractivity contribution in [3.8, 4) is 0 Å². The Balaban J connectivity index is 2.24. The summed E-state index contributed by atoms with van der Waals surface area (Å²) in [6.07, 6.45) is -5.82. The SMILES string of the molecule is CCC(C)CCCCCCC(=O)NC(Cc1c[nH]c2ccccc12)C(=O)NC(CCC(=O)O)C(=O)NC(C(=O)NC1C(=O)N(C)CC(=O)NC(C)C(=O)NC(CC(=O)O)C(=O)NC(C)C(=O)NC(C(OC)C(=O)O)C(=O)NCC(=O)NC(CC(N)=O)C(=O)NC(C(C)CC(=O)O)C(=O)NC(C(C)C)C(=O)OC1C)C(O)C(N)=O. The number of carbonyl (C=O) groups is 20. The van der Waals surface area contributed by atoms with Crippen LogP contribution in [0.2, 0.25) is 0 Å². The molecule has 1 aliphatic heterocycles. The van der Waals surface area contributed by atoms with Crippen LogP contribution in [-0.4, -0.2) is 266 Å². The van der Waals surface area contributed by atoms with Crippen LogP contribution in [0, 0.1) is 17.8 Å². The number of cyclic esters (lactones) is 1. The number of carbonyl (C=O) groups excluding carboxylic acids is 16. The number of nitrogens with zero attached hydrogens (tertiary/aromatic N) is 1. The van der Waals surface area contributed by atoms with Crippen molar-refractivity contribution in [2.75, 3.05) is 27.2 Å². The summed E-state index contributed by atoms with van der Waals surface area (Å²) in [5.41, 5.74) is 12.1. The Morgan fingerprint density at radius 1 is 0.628 bits per heavy atom. The summed E-state index contributed by atoms with van der Waals surface area (Å²) >= 11 is 0. The van der Waals surface area contributed by atoms with E-state index in [1.807, 2.05) is 16.0 Å². The Kier molecular flexibility index (Phi) is 38.8. The summed E-state index contributed by atoms with van der Waals surface area (Å²) in [5, 5.41) is 77.4. The Morgan fingerprint density at radius 3 is 1.81 bits per heavy atom. The first kappa shape index (κ1) is 95.3. The zero-order chi connectivity index (χ0) is 85.4. The number of aromatic amines is 1. The Hall–Kier alpha value is -11.9. The van der Waals surface area contributed by atoms with E-state index in [-0.39, 0.29) is 12.8 Å². The first-order chi connectivity index (χ1) is 52.9. The quantitative estimate of drug-likeness (QED) is 0.0234. The highest BCUT2D eigenvalue weighted by Crippen LogP contribution is 2.21. The van der Waals surface area contributed by atoms with E-state index >= 15 is 0 Å². The number of rotatable bonds is 33. The van der Waals surface area contributed by atoms with Gasteiger partial charge in [0.25, 0.3) is 0 Å². The van der Waals surface area contributed by atoms with Gasteiger partial charge in [-0.2, -0.15) is 0 Å². The lowest BCUT2D eigenvalue weighted by atomic mass is 9.95. The molecule has 1 aromatic carbocycles. The van der Waals surface area contributed by atoms with E-state index in [0.717, 1.165) is 67.5 Å². The number of amides is 15. The van der Waals surface area contributed by atoms with Gasteiger partial charge in [-0.25, -0.2) is 9.59 Å². The lowest BCUT2D eigenvalue weighted by molar-refractivity contribution is -0.159. The maximum Gasteiger partial charge on any atom is 0.335 e. The lowest BCUT2D eigenvalue weighted by Gasteiger charge is -2.32. The van der Waals surface area contributed by atoms with Crippen molar-refractivity contribution in [2.45, 2.75) is 224 Å². The molecule has 16 atom stereocenters. The number of aliphatic hydroxyl groups excluding tert-OH is 1. The Bertz CT molecular complexity index is 3810. The summed E-state index contributed by atoms with van der Waals surface area (Å²) in [5.74, 6) is -30.6.